The van der Waals surface area contributed by atoms with Crippen LogP contribution in [0.5, 0.6) is 0 Å². The second-order valence-electron chi connectivity index (χ2n) is 11.0. The minimum absolute atomic E-state index is 0.681. The van der Waals surface area contributed by atoms with Gasteiger partial charge in [-0.25, -0.2) is 0 Å². The summed E-state index contributed by atoms with van der Waals surface area (Å²) in [5.41, 5.74) is 0. The molecule has 0 spiro atoms. The maximum absolute atomic E-state index is 2.77. The third-order valence-corrected chi connectivity index (χ3v) is 8.34. The Bertz CT molecular complexity index is 439. The van der Waals surface area contributed by atoms with Gasteiger partial charge in [0, 0.05) is 37.3 Å². The Labute approximate surface area is 164 Å². The van der Waals surface area contributed by atoms with Gasteiger partial charge in [0.1, 0.15) is 0 Å². The van der Waals surface area contributed by atoms with Crippen molar-refractivity contribution in [2.24, 2.45) is 35.5 Å². The molecule has 6 unspecified atom stereocenters. The van der Waals surface area contributed by atoms with E-state index >= 15 is 0 Å². The zero-order valence-electron chi connectivity index (χ0n) is 18.9. The van der Waals surface area contributed by atoms with E-state index in [9.17, 15) is 0 Å². The lowest BCUT2D eigenvalue weighted by Crippen LogP contribution is -2.45. The van der Waals surface area contributed by atoms with Crippen LogP contribution < -0.4 is 0 Å². The van der Waals surface area contributed by atoms with Crippen molar-refractivity contribution in [2.75, 3.05) is 13.1 Å². The lowest BCUT2D eigenvalue weighted by atomic mass is 9.72. The minimum Gasteiger partial charge on any atom is -0.298 e. The van der Waals surface area contributed by atoms with E-state index in [0.717, 1.165) is 35.5 Å². The molecule has 2 nitrogen and oxygen atoms in total. The molecule has 3 rings (SSSR count). The van der Waals surface area contributed by atoms with Crippen molar-refractivity contribution in [3.63, 3.8) is 0 Å². The predicted octanol–water partition coefficient (Wildman–Crippen LogP) is 5.52. The van der Waals surface area contributed by atoms with Gasteiger partial charge >= 0.3 is 0 Å². The Morgan fingerprint density at radius 3 is 1.62 bits per heavy atom. The second-order valence-corrected chi connectivity index (χ2v) is 11.0. The van der Waals surface area contributed by atoms with Crippen molar-refractivity contribution < 1.29 is 0 Å². The second kappa shape index (κ2) is 8.11. The topological polar surface area (TPSA) is 6.48 Å². The molecule has 0 aromatic rings. The molecule has 0 aliphatic heterocycles. The molecule has 3 fully saturated rings. The van der Waals surface area contributed by atoms with Gasteiger partial charge < -0.3 is 0 Å². The van der Waals surface area contributed by atoms with Crippen LogP contribution in [-0.4, -0.2) is 47.1 Å². The molecule has 0 radical (unpaired) electrons. The first-order valence-corrected chi connectivity index (χ1v) is 11.7. The molecule has 2 heteroatoms. The largest absolute Gasteiger partial charge is 0.298 e. The summed E-state index contributed by atoms with van der Waals surface area (Å²) in [6.07, 6.45) is 6.13. The summed E-state index contributed by atoms with van der Waals surface area (Å²) in [5, 5.41) is 0. The molecule has 3 aliphatic rings. The van der Waals surface area contributed by atoms with E-state index < -0.39 is 0 Å². The Morgan fingerprint density at radius 1 is 0.615 bits per heavy atom. The van der Waals surface area contributed by atoms with E-state index in [-0.39, 0.29) is 0 Å². The highest BCUT2D eigenvalue weighted by Crippen LogP contribution is 2.63. The molecule has 0 saturated heterocycles. The number of rotatable bonds is 8. The monoisotopic (exact) mass is 362 g/mol. The Morgan fingerprint density at radius 2 is 1.12 bits per heavy atom. The van der Waals surface area contributed by atoms with Crippen LogP contribution >= 0.6 is 0 Å². The third kappa shape index (κ3) is 3.88. The number of hydrogen-bond donors (Lipinski definition) is 0. The molecule has 0 aromatic carbocycles. The fourth-order valence-corrected chi connectivity index (χ4v) is 7.38. The first-order valence-electron chi connectivity index (χ1n) is 11.7. The SMILES string of the molecule is CC(C)N(CC1CC2CC1C1C(CN(C(C)C)C(C)C)CCC21)C(C)C. The van der Waals surface area contributed by atoms with Gasteiger partial charge in [0.25, 0.3) is 0 Å². The highest BCUT2D eigenvalue weighted by Gasteiger charge is 2.57. The Hall–Kier alpha value is -0.0800. The van der Waals surface area contributed by atoms with Gasteiger partial charge in [-0.3, -0.25) is 9.80 Å². The van der Waals surface area contributed by atoms with Crippen molar-refractivity contribution in [3.8, 4) is 0 Å². The predicted molar refractivity (Wildman–Crippen MR) is 113 cm³/mol. The summed E-state index contributed by atoms with van der Waals surface area (Å²) in [5.74, 6) is 6.15. The van der Waals surface area contributed by atoms with Crippen LogP contribution in [0, 0.1) is 35.5 Å². The quantitative estimate of drug-likeness (QED) is 0.561. The van der Waals surface area contributed by atoms with Gasteiger partial charge in [0.05, 0.1) is 0 Å². The molecule has 6 atom stereocenters. The van der Waals surface area contributed by atoms with Gasteiger partial charge in [-0.2, -0.15) is 0 Å². The summed E-state index contributed by atoms with van der Waals surface area (Å²) in [6.45, 7) is 21.8. The van der Waals surface area contributed by atoms with Crippen LogP contribution in [0.1, 0.15) is 81.1 Å². The van der Waals surface area contributed by atoms with Crippen LogP contribution in [0.4, 0.5) is 0 Å². The number of nitrogens with zero attached hydrogens (tertiary/aromatic N) is 2. The summed E-state index contributed by atoms with van der Waals surface area (Å²) < 4.78 is 0. The summed E-state index contributed by atoms with van der Waals surface area (Å²) in [4.78, 5) is 5.53. The molecular weight excluding hydrogens is 316 g/mol. The molecule has 3 aliphatic carbocycles. The maximum atomic E-state index is 2.77. The summed E-state index contributed by atoms with van der Waals surface area (Å²) in [7, 11) is 0. The van der Waals surface area contributed by atoms with Crippen molar-refractivity contribution in [1.29, 1.82) is 0 Å². The number of hydrogen-bond acceptors (Lipinski definition) is 2. The molecule has 2 bridgehead atoms. The van der Waals surface area contributed by atoms with Crippen LogP contribution in [-0.2, 0) is 0 Å². The van der Waals surface area contributed by atoms with E-state index in [1.807, 2.05) is 0 Å². The van der Waals surface area contributed by atoms with Gasteiger partial charge in [-0.15, -0.1) is 0 Å². The van der Waals surface area contributed by atoms with Gasteiger partial charge in [0.15, 0.2) is 0 Å². The standard InChI is InChI=1S/C24H46N2/c1-15(2)25(16(3)4)13-19-9-10-22-20-11-21(23(12-20)24(19)22)14-26(17(5)6)18(7)8/h15-24H,9-14H2,1-8H3. The Balaban J connectivity index is 1.68. The fourth-order valence-electron chi connectivity index (χ4n) is 7.38. The maximum Gasteiger partial charge on any atom is 0.00414 e. The molecule has 0 heterocycles. The Kier molecular flexibility index (Phi) is 6.44. The van der Waals surface area contributed by atoms with Crippen LogP contribution in [0.3, 0.4) is 0 Å². The van der Waals surface area contributed by atoms with E-state index in [1.165, 1.54) is 32.4 Å². The van der Waals surface area contributed by atoms with Crippen molar-refractivity contribution >= 4 is 0 Å². The van der Waals surface area contributed by atoms with Crippen molar-refractivity contribution in [1.82, 2.24) is 9.80 Å². The summed E-state index contributed by atoms with van der Waals surface area (Å²) >= 11 is 0. The lowest BCUT2D eigenvalue weighted by Gasteiger charge is -2.41. The van der Waals surface area contributed by atoms with E-state index in [4.69, 9.17) is 0 Å². The molecule has 0 amide bonds. The summed E-state index contributed by atoms with van der Waals surface area (Å²) in [6, 6.07) is 2.73. The zero-order valence-corrected chi connectivity index (χ0v) is 18.9. The van der Waals surface area contributed by atoms with Crippen molar-refractivity contribution in [3.05, 3.63) is 0 Å². The lowest BCUT2D eigenvalue weighted by molar-refractivity contribution is 0.0636. The van der Waals surface area contributed by atoms with Gasteiger partial charge in [0.2, 0.25) is 0 Å². The molecule has 152 valence electrons. The smallest absolute Gasteiger partial charge is 0.00414 e. The van der Waals surface area contributed by atoms with Crippen molar-refractivity contribution in [2.45, 2.75) is 105 Å². The first kappa shape index (κ1) is 20.6. The van der Waals surface area contributed by atoms with E-state index in [1.54, 1.807) is 6.42 Å². The molecule has 26 heavy (non-hydrogen) atoms. The third-order valence-electron chi connectivity index (χ3n) is 8.34. The molecule has 0 aromatic heterocycles. The van der Waals surface area contributed by atoms with Gasteiger partial charge in [-0.05, 0) is 117 Å². The van der Waals surface area contributed by atoms with Crippen LogP contribution in [0.25, 0.3) is 0 Å². The van der Waals surface area contributed by atoms with E-state index in [0.29, 0.717) is 24.2 Å². The fraction of sp³-hybridized carbons (Fsp3) is 1.00. The molecular formula is C24H46N2. The zero-order chi connectivity index (χ0) is 19.2. The average Bonchev–Trinajstić information content (AvgIpc) is 3.20. The van der Waals surface area contributed by atoms with Crippen LogP contribution in [0.15, 0.2) is 0 Å². The average molecular weight is 363 g/mol. The van der Waals surface area contributed by atoms with E-state index in [2.05, 4.69) is 65.2 Å². The molecule has 3 saturated carbocycles. The van der Waals surface area contributed by atoms with Gasteiger partial charge in [-0.1, -0.05) is 0 Å². The first-order chi connectivity index (χ1) is 12.2. The number of fused-ring (bicyclic) bond motifs is 5. The minimum atomic E-state index is 0.681. The normalized spacial score (nSPS) is 36.7. The highest BCUT2D eigenvalue weighted by atomic mass is 15.2. The van der Waals surface area contributed by atoms with Crippen LogP contribution in [0.2, 0.25) is 0 Å². The molecule has 0 N–H and O–H groups in total. The highest BCUT2D eigenvalue weighted by molar-refractivity contribution is 5.06.